The maximum absolute atomic E-state index is 12.2. The van der Waals surface area contributed by atoms with Crippen LogP contribution < -0.4 is 0 Å². The highest BCUT2D eigenvalue weighted by Gasteiger charge is 2.31. The summed E-state index contributed by atoms with van der Waals surface area (Å²) in [6.45, 7) is 11.1. The van der Waals surface area contributed by atoms with Gasteiger partial charge in [-0.15, -0.1) is 0 Å². The Balaban J connectivity index is 2.11. The first kappa shape index (κ1) is 18.3. The van der Waals surface area contributed by atoms with Crippen LogP contribution in [0.3, 0.4) is 0 Å². The molecule has 0 N–H and O–H groups in total. The summed E-state index contributed by atoms with van der Waals surface area (Å²) in [6.07, 6.45) is 0.594. The van der Waals surface area contributed by atoms with E-state index in [0.29, 0.717) is 25.3 Å². The van der Waals surface area contributed by atoms with E-state index < -0.39 is 5.60 Å². The van der Waals surface area contributed by atoms with Gasteiger partial charge in [0, 0.05) is 19.0 Å². The molecule has 1 fully saturated rings. The molecule has 132 valence electrons. The van der Waals surface area contributed by atoms with Crippen molar-refractivity contribution >= 4 is 12.1 Å². The summed E-state index contributed by atoms with van der Waals surface area (Å²) in [7, 11) is 0. The Morgan fingerprint density at radius 2 is 2.00 bits per heavy atom. The minimum Gasteiger partial charge on any atom is -0.462 e. The number of carbonyl (C=O) groups excluding carboxylic acids is 2. The van der Waals surface area contributed by atoms with Crippen molar-refractivity contribution in [1.82, 2.24) is 4.90 Å². The van der Waals surface area contributed by atoms with Gasteiger partial charge in [0.1, 0.15) is 5.60 Å². The predicted octanol–water partition coefficient (Wildman–Crippen LogP) is 3.90. The molecule has 0 saturated carbocycles. The SMILES string of the molecule is CCOC(=O)c1ccc(C)c([C@H]2CCN(C(=O)OC(C)(C)C)C2)c1. The fraction of sp³-hybridized carbons (Fsp3) is 0.579. The Morgan fingerprint density at radius 1 is 1.29 bits per heavy atom. The number of benzene rings is 1. The van der Waals surface area contributed by atoms with Crippen molar-refractivity contribution in [2.75, 3.05) is 19.7 Å². The highest BCUT2D eigenvalue weighted by atomic mass is 16.6. The molecule has 2 rings (SSSR count). The zero-order valence-corrected chi connectivity index (χ0v) is 15.2. The fourth-order valence-corrected chi connectivity index (χ4v) is 2.93. The number of amides is 1. The molecular formula is C19H27NO4. The minimum atomic E-state index is -0.491. The van der Waals surface area contributed by atoms with Crippen molar-refractivity contribution in [2.45, 2.75) is 52.6 Å². The van der Waals surface area contributed by atoms with E-state index in [1.165, 1.54) is 0 Å². The van der Waals surface area contributed by atoms with Gasteiger partial charge in [0.15, 0.2) is 0 Å². The number of aryl methyl sites for hydroxylation is 1. The molecule has 0 bridgehead atoms. The summed E-state index contributed by atoms with van der Waals surface area (Å²) in [5.41, 5.74) is 2.30. The van der Waals surface area contributed by atoms with Crippen LogP contribution in [0.25, 0.3) is 0 Å². The highest BCUT2D eigenvalue weighted by Crippen LogP contribution is 2.31. The van der Waals surface area contributed by atoms with E-state index in [9.17, 15) is 9.59 Å². The Hall–Kier alpha value is -2.04. The molecule has 0 unspecified atom stereocenters. The van der Waals surface area contributed by atoms with Crippen molar-refractivity contribution in [1.29, 1.82) is 0 Å². The lowest BCUT2D eigenvalue weighted by molar-refractivity contribution is 0.0292. The van der Waals surface area contributed by atoms with Crippen LogP contribution in [0.1, 0.15) is 61.5 Å². The van der Waals surface area contributed by atoms with E-state index in [1.54, 1.807) is 17.9 Å². The second kappa shape index (κ2) is 7.24. The van der Waals surface area contributed by atoms with E-state index in [4.69, 9.17) is 9.47 Å². The molecule has 0 spiro atoms. The summed E-state index contributed by atoms with van der Waals surface area (Å²) in [5, 5.41) is 0. The Kier molecular flexibility index (Phi) is 5.52. The quantitative estimate of drug-likeness (QED) is 0.787. The van der Waals surface area contributed by atoms with Crippen molar-refractivity contribution in [3.8, 4) is 0 Å². The zero-order valence-electron chi connectivity index (χ0n) is 15.2. The average molecular weight is 333 g/mol. The first-order valence-corrected chi connectivity index (χ1v) is 8.47. The molecule has 1 saturated heterocycles. The molecule has 1 heterocycles. The molecule has 24 heavy (non-hydrogen) atoms. The number of ether oxygens (including phenoxy) is 2. The molecule has 1 aliphatic heterocycles. The van der Waals surface area contributed by atoms with E-state index in [2.05, 4.69) is 0 Å². The molecule has 1 aliphatic rings. The first-order valence-electron chi connectivity index (χ1n) is 8.47. The van der Waals surface area contributed by atoms with Gasteiger partial charge in [0.25, 0.3) is 0 Å². The smallest absolute Gasteiger partial charge is 0.410 e. The third kappa shape index (κ3) is 4.49. The average Bonchev–Trinajstić information content (AvgIpc) is 2.96. The topological polar surface area (TPSA) is 55.8 Å². The minimum absolute atomic E-state index is 0.215. The van der Waals surface area contributed by atoms with Crippen LogP contribution in [0.5, 0.6) is 0 Å². The summed E-state index contributed by atoms with van der Waals surface area (Å²) in [5.74, 6) is -0.0901. The molecule has 1 atom stereocenters. The van der Waals surface area contributed by atoms with Gasteiger partial charge in [0.05, 0.1) is 12.2 Å². The number of hydrogen-bond donors (Lipinski definition) is 0. The second-order valence-electron chi connectivity index (χ2n) is 7.20. The first-order chi connectivity index (χ1) is 11.2. The van der Waals surface area contributed by atoms with Crippen LogP contribution in [0, 0.1) is 6.92 Å². The van der Waals surface area contributed by atoms with Gasteiger partial charge < -0.3 is 14.4 Å². The number of hydrogen-bond acceptors (Lipinski definition) is 4. The molecule has 1 amide bonds. The number of carbonyl (C=O) groups is 2. The lowest BCUT2D eigenvalue weighted by Crippen LogP contribution is -2.35. The van der Waals surface area contributed by atoms with Gasteiger partial charge in [-0.05, 0) is 64.3 Å². The van der Waals surface area contributed by atoms with Crippen LogP contribution in [-0.2, 0) is 9.47 Å². The number of nitrogens with zero attached hydrogens (tertiary/aromatic N) is 1. The van der Waals surface area contributed by atoms with E-state index in [1.807, 2.05) is 39.8 Å². The number of rotatable bonds is 3. The van der Waals surface area contributed by atoms with E-state index in [0.717, 1.165) is 17.5 Å². The number of esters is 1. The van der Waals surface area contributed by atoms with Crippen LogP contribution in [0.15, 0.2) is 18.2 Å². The van der Waals surface area contributed by atoms with Gasteiger partial charge in [-0.3, -0.25) is 0 Å². The van der Waals surface area contributed by atoms with Crippen LogP contribution in [-0.4, -0.2) is 42.3 Å². The lowest BCUT2D eigenvalue weighted by Gasteiger charge is -2.24. The highest BCUT2D eigenvalue weighted by molar-refractivity contribution is 5.89. The zero-order chi connectivity index (χ0) is 17.9. The second-order valence-corrected chi connectivity index (χ2v) is 7.20. The van der Waals surface area contributed by atoms with Gasteiger partial charge in [-0.25, -0.2) is 9.59 Å². The monoisotopic (exact) mass is 333 g/mol. The fourth-order valence-electron chi connectivity index (χ4n) is 2.93. The summed E-state index contributed by atoms with van der Waals surface area (Å²) < 4.78 is 10.5. The van der Waals surface area contributed by atoms with E-state index in [-0.39, 0.29) is 18.0 Å². The summed E-state index contributed by atoms with van der Waals surface area (Å²) >= 11 is 0. The molecular weight excluding hydrogens is 306 g/mol. The van der Waals surface area contributed by atoms with Crippen LogP contribution >= 0.6 is 0 Å². The van der Waals surface area contributed by atoms with Gasteiger partial charge >= 0.3 is 12.1 Å². The Morgan fingerprint density at radius 3 is 2.62 bits per heavy atom. The van der Waals surface area contributed by atoms with Crippen LogP contribution in [0.2, 0.25) is 0 Å². The molecule has 1 aromatic carbocycles. The Bertz CT molecular complexity index is 618. The largest absolute Gasteiger partial charge is 0.462 e. The summed E-state index contributed by atoms with van der Waals surface area (Å²) in [6, 6.07) is 5.63. The third-order valence-electron chi connectivity index (χ3n) is 4.07. The van der Waals surface area contributed by atoms with Gasteiger partial charge in [-0.1, -0.05) is 6.07 Å². The number of likely N-dealkylation sites (tertiary alicyclic amines) is 1. The standard InChI is InChI=1S/C19H27NO4/c1-6-23-17(21)14-8-7-13(2)16(11-14)15-9-10-20(12-15)18(22)24-19(3,4)5/h7-8,11,15H,6,9-10,12H2,1-5H3/t15-/m0/s1. The third-order valence-corrected chi connectivity index (χ3v) is 4.07. The molecule has 5 nitrogen and oxygen atoms in total. The van der Waals surface area contributed by atoms with Gasteiger partial charge in [0.2, 0.25) is 0 Å². The molecule has 0 aromatic heterocycles. The molecule has 0 radical (unpaired) electrons. The normalized spacial score (nSPS) is 17.7. The molecule has 5 heteroatoms. The van der Waals surface area contributed by atoms with Crippen molar-refractivity contribution in [3.05, 3.63) is 34.9 Å². The van der Waals surface area contributed by atoms with Crippen molar-refractivity contribution < 1.29 is 19.1 Å². The van der Waals surface area contributed by atoms with Crippen LogP contribution in [0.4, 0.5) is 4.79 Å². The van der Waals surface area contributed by atoms with Gasteiger partial charge in [-0.2, -0.15) is 0 Å². The Labute approximate surface area is 143 Å². The molecule has 0 aliphatic carbocycles. The predicted molar refractivity (Wildman–Crippen MR) is 92.3 cm³/mol. The van der Waals surface area contributed by atoms with Crippen molar-refractivity contribution in [3.63, 3.8) is 0 Å². The summed E-state index contributed by atoms with van der Waals surface area (Å²) in [4.78, 5) is 25.9. The maximum atomic E-state index is 12.2. The van der Waals surface area contributed by atoms with Crippen molar-refractivity contribution in [2.24, 2.45) is 0 Å². The van der Waals surface area contributed by atoms with E-state index >= 15 is 0 Å². The molecule has 1 aromatic rings. The maximum Gasteiger partial charge on any atom is 0.410 e. The lowest BCUT2D eigenvalue weighted by atomic mass is 9.92.